The summed E-state index contributed by atoms with van der Waals surface area (Å²) < 4.78 is 38.5. The molecule has 0 saturated carbocycles. The Bertz CT molecular complexity index is 470. The van der Waals surface area contributed by atoms with Gasteiger partial charge in [-0.3, -0.25) is 4.68 Å². The molecule has 2 aromatic heterocycles. The van der Waals surface area contributed by atoms with E-state index in [2.05, 4.69) is 5.10 Å². The molecule has 0 spiro atoms. The van der Waals surface area contributed by atoms with Gasteiger partial charge in [0.2, 0.25) is 0 Å². The number of hydrogen-bond acceptors (Lipinski definition) is 2. The molecule has 0 bridgehead atoms. The number of hydrogen-bond donors (Lipinski definition) is 0. The second kappa shape index (κ2) is 3.37. The van der Waals surface area contributed by atoms with Crippen molar-refractivity contribution in [1.82, 2.24) is 9.78 Å². The molecule has 2 nitrogen and oxygen atoms in total. The summed E-state index contributed by atoms with van der Waals surface area (Å²) in [7, 11) is 1.72. The average Bonchev–Trinajstić information content (AvgIpc) is 2.69. The summed E-state index contributed by atoms with van der Waals surface area (Å²) in [5.74, 6) is 0. The highest BCUT2D eigenvalue weighted by Crippen LogP contribution is 2.36. The number of aromatic nitrogens is 2. The van der Waals surface area contributed by atoms with Crippen molar-refractivity contribution < 1.29 is 13.2 Å². The maximum absolute atomic E-state index is 12.3. The van der Waals surface area contributed by atoms with E-state index in [1.165, 1.54) is 5.38 Å². The van der Waals surface area contributed by atoms with Crippen LogP contribution in [0.1, 0.15) is 4.88 Å². The van der Waals surface area contributed by atoms with E-state index in [-0.39, 0.29) is 0 Å². The van der Waals surface area contributed by atoms with E-state index in [4.69, 9.17) is 0 Å². The van der Waals surface area contributed by atoms with Crippen LogP contribution in [-0.2, 0) is 13.2 Å². The standard InChI is InChI=1S/C9H7F3N2S/c1-14-3-2-7(13-14)6-4-8(15-5-6)9(10,11)12/h2-5H,1H3. The van der Waals surface area contributed by atoms with Gasteiger partial charge in [-0.2, -0.15) is 18.3 Å². The van der Waals surface area contributed by atoms with Crippen LogP contribution in [0, 0.1) is 0 Å². The maximum atomic E-state index is 12.3. The van der Waals surface area contributed by atoms with Crippen LogP contribution in [0.2, 0.25) is 0 Å². The number of thiophene rings is 1. The Morgan fingerprint density at radius 3 is 2.60 bits per heavy atom. The largest absolute Gasteiger partial charge is 0.425 e. The third kappa shape index (κ3) is 2.04. The highest BCUT2D eigenvalue weighted by molar-refractivity contribution is 7.10. The molecule has 0 aromatic carbocycles. The van der Waals surface area contributed by atoms with Crippen LogP contribution in [0.4, 0.5) is 13.2 Å². The van der Waals surface area contributed by atoms with Crippen LogP contribution in [0.15, 0.2) is 23.7 Å². The predicted octanol–water partition coefficient (Wildman–Crippen LogP) is 3.17. The summed E-state index contributed by atoms with van der Waals surface area (Å²) in [6.07, 6.45) is -2.57. The Morgan fingerprint density at radius 1 is 1.40 bits per heavy atom. The minimum absolute atomic E-state index is 0.507. The van der Waals surface area contributed by atoms with Crippen molar-refractivity contribution in [1.29, 1.82) is 0 Å². The van der Waals surface area contributed by atoms with Crippen LogP contribution in [-0.4, -0.2) is 9.78 Å². The predicted molar refractivity (Wildman–Crippen MR) is 51.5 cm³/mol. The quantitative estimate of drug-likeness (QED) is 0.738. The van der Waals surface area contributed by atoms with Crippen molar-refractivity contribution in [3.05, 3.63) is 28.6 Å². The molecule has 0 N–H and O–H groups in total. The van der Waals surface area contributed by atoms with E-state index in [1.54, 1.807) is 24.0 Å². The Morgan fingerprint density at radius 2 is 2.13 bits per heavy atom. The zero-order valence-electron chi connectivity index (χ0n) is 7.75. The lowest BCUT2D eigenvalue weighted by Gasteiger charge is -2.00. The molecule has 0 unspecified atom stereocenters. The van der Waals surface area contributed by atoms with Crippen LogP contribution in [0.25, 0.3) is 11.3 Å². The molecule has 0 saturated heterocycles. The van der Waals surface area contributed by atoms with Gasteiger partial charge in [-0.05, 0) is 12.1 Å². The molecule has 2 heterocycles. The molecular formula is C9H7F3N2S. The van der Waals surface area contributed by atoms with Gasteiger partial charge >= 0.3 is 6.18 Å². The molecule has 2 aromatic rings. The topological polar surface area (TPSA) is 17.8 Å². The van der Waals surface area contributed by atoms with Crippen molar-refractivity contribution >= 4 is 11.3 Å². The summed E-state index contributed by atoms with van der Waals surface area (Å²) in [5.41, 5.74) is 1.07. The summed E-state index contributed by atoms with van der Waals surface area (Å²) in [4.78, 5) is -0.594. The first-order chi connectivity index (χ1) is 6.97. The molecule has 6 heteroatoms. The summed E-state index contributed by atoms with van der Waals surface area (Å²) >= 11 is 0.686. The number of rotatable bonds is 1. The van der Waals surface area contributed by atoms with Gasteiger partial charge in [0.1, 0.15) is 4.88 Å². The van der Waals surface area contributed by atoms with E-state index in [1.807, 2.05) is 0 Å². The molecule has 80 valence electrons. The molecule has 0 atom stereocenters. The minimum Gasteiger partial charge on any atom is -0.275 e. The van der Waals surface area contributed by atoms with Gasteiger partial charge in [-0.1, -0.05) is 0 Å². The van der Waals surface area contributed by atoms with Crippen LogP contribution < -0.4 is 0 Å². The Labute approximate surface area is 88.0 Å². The molecular weight excluding hydrogens is 225 g/mol. The SMILES string of the molecule is Cn1ccc(-c2csc(C(F)(F)F)c2)n1. The van der Waals surface area contributed by atoms with Gasteiger partial charge in [0.05, 0.1) is 5.69 Å². The zero-order chi connectivity index (χ0) is 11.1. The molecule has 0 aliphatic carbocycles. The van der Waals surface area contributed by atoms with Gasteiger partial charge in [0, 0.05) is 24.2 Å². The van der Waals surface area contributed by atoms with Gasteiger partial charge in [-0.25, -0.2) is 0 Å². The number of halogens is 3. The third-order valence-corrected chi connectivity index (χ3v) is 2.86. The summed E-state index contributed by atoms with van der Waals surface area (Å²) in [6, 6.07) is 2.80. The fraction of sp³-hybridized carbons (Fsp3) is 0.222. The maximum Gasteiger partial charge on any atom is 0.425 e. The van der Waals surface area contributed by atoms with Crippen molar-refractivity contribution in [2.45, 2.75) is 6.18 Å². The Balaban J connectivity index is 2.36. The monoisotopic (exact) mass is 232 g/mol. The molecule has 0 aliphatic rings. The zero-order valence-corrected chi connectivity index (χ0v) is 8.56. The molecule has 0 fully saturated rings. The fourth-order valence-electron chi connectivity index (χ4n) is 1.19. The van der Waals surface area contributed by atoms with Crippen molar-refractivity contribution in [2.24, 2.45) is 7.05 Å². The van der Waals surface area contributed by atoms with Gasteiger partial charge < -0.3 is 0 Å². The van der Waals surface area contributed by atoms with Crippen LogP contribution in [0.3, 0.4) is 0 Å². The van der Waals surface area contributed by atoms with E-state index in [9.17, 15) is 13.2 Å². The second-order valence-corrected chi connectivity index (χ2v) is 3.98. The van der Waals surface area contributed by atoms with Crippen LogP contribution in [0.5, 0.6) is 0 Å². The smallest absolute Gasteiger partial charge is 0.275 e. The minimum atomic E-state index is -4.27. The van der Waals surface area contributed by atoms with Gasteiger partial charge in [0.15, 0.2) is 0 Å². The number of nitrogens with zero attached hydrogens (tertiary/aromatic N) is 2. The summed E-state index contributed by atoms with van der Waals surface area (Å²) in [6.45, 7) is 0. The van der Waals surface area contributed by atoms with Gasteiger partial charge in [-0.15, -0.1) is 11.3 Å². The summed E-state index contributed by atoms with van der Waals surface area (Å²) in [5, 5.41) is 5.50. The first-order valence-electron chi connectivity index (χ1n) is 4.12. The number of aryl methyl sites for hydroxylation is 1. The highest BCUT2D eigenvalue weighted by atomic mass is 32.1. The van der Waals surface area contributed by atoms with E-state index >= 15 is 0 Å². The number of alkyl halides is 3. The molecule has 15 heavy (non-hydrogen) atoms. The normalized spacial score (nSPS) is 12.0. The highest BCUT2D eigenvalue weighted by Gasteiger charge is 2.32. The van der Waals surface area contributed by atoms with E-state index in [0.29, 0.717) is 22.6 Å². The average molecular weight is 232 g/mol. The van der Waals surface area contributed by atoms with Crippen molar-refractivity contribution in [3.63, 3.8) is 0 Å². The van der Waals surface area contributed by atoms with E-state index in [0.717, 1.165) is 6.07 Å². The lowest BCUT2D eigenvalue weighted by molar-refractivity contribution is -0.134. The lowest BCUT2D eigenvalue weighted by atomic mass is 10.2. The first kappa shape index (κ1) is 10.2. The fourth-order valence-corrected chi connectivity index (χ4v) is 1.96. The van der Waals surface area contributed by atoms with Crippen molar-refractivity contribution in [2.75, 3.05) is 0 Å². The molecule has 0 aliphatic heterocycles. The first-order valence-corrected chi connectivity index (χ1v) is 5.00. The molecule has 0 amide bonds. The lowest BCUT2D eigenvalue weighted by Crippen LogP contribution is -2.00. The Hall–Kier alpha value is -1.30. The van der Waals surface area contributed by atoms with E-state index < -0.39 is 11.1 Å². The van der Waals surface area contributed by atoms with Crippen molar-refractivity contribution in [3.8, 4) is 11.3 Å². The van der Waals surface area contributed by atoms with Crippen LogP contribution >= 0.6 is 11.3 Å². The second-order valence-electron chi connectivity index (χ2n) is 3.07. The third-order valence-electron chi connectivity index (χ3n) is 1.89. The Kier molecular flexibility index (Phi) is 2.30. The molecule has 0 radical (unpaired) electrons. The van der Waals surface area contributed by atoms with Gasteiger partial charge in [0.25, 0.3) is 0 Å². The molecule has 2 rings (SSSR count).